The zero-order chi connectivity index (χ0) is 16.2. The Morgan fingerprint density at radius 3 is 2.86 bits per heavy atom. The monoisotopic (exact) mass is 304 g/mol. The maximum atomic E-state index is 11.9. The quantitative estimate of drug-likeness (QED) is 0.771. The van der Waals surface area contributed by atoms with E-state index in [0.717, 1.165) is 5.56 Å². The molecule has 0 atom stereocenters. The average Bonchev–Trinajstić information content (AvgIpc) is 2.95. The highest BCUT2D eigenvalue weighted by molar-refractivity contribution is 5.90. The highest BCUT2D eigenvalue weighted by Gasteiger charge is 2.19. The molecule has 22 heavy (non-hydrogen) atoms. The maximum absolute atomic E-state index is 11.9. The number of carbonyl (C=O) groups excluding carboxylic acids is 1. The first-order valence-electron chi connectivity index (χ1n) is 7.02. The third-order valence-electron chi connectivity index (χ3n) is 3.06. The van der Waals surface area contributed by atoms with Crippen LogP contribution in [0.5, 0.6) is 0 Å². The van der Waals surface area contributed by atoms with E-state index in [1.54, 1.807) is 30.7 Å². The Morgan fingerprint density at radius 2 is 2.18 bits per heavy atom. The molecule has 0 saturated heterocycles. The molecule has 0 aliphatic heterocycles. The normalized spacial score (nSPS) is 11.3. The number of hydrogen-bond acceptors (Lipinski definition) is 5. The summed E-state index contributed by atoms with van der Waals surface area (Å²) in [6.07, 6.45) is 0. The number of benzene rings is 1. The van der Waals surface area contributed by atoms with E-state index in [1.165, 1.54) is 0 Å². The number of aryl methyl sites for hydroxylation is 1. The predicted octanol–water partition coefficient (Wildman–Crippen LogP) is 1.25. The van der Waals surface area contributed by atoms with Gasteiger partial charge in [-0.1, -0.05) is 12.1 Å². The summed E-state index contributed by atoms with van der Waals surface area (Å²) in [5.74, 6) is 0.641. The van der Waals surface area contributed by atoms with Gasteiger partial charge in [0.2, 0.25) is 0 Å². The first-order chi connectivity index (χ1) is 10.4. The summed E-state index contributed by atoms with van der Waals surface area (Å²) in [5, 5.41) is 26.1. The van der Waals surface area contributed by atoms with Crippen LogP contribution in [0.4, 0.5) is 10.5 Å². The molecule has 2 aromatic rings. The minimum Gasteiger partial charge on any atom is -0.394 e. The number of hydrogen-bond donors (Lipinski definition) is 3. The van der Waals surface area contributed by atoms with E-state index in [0.29, 0.717) is 18.1 Å². The van der Waals surface area contributed by atoms with Gasteiger partial charge in [-0.25, -0.2) is 9.48 Å². The number of aliphatic hydroxyl groups excluding tert-OH is 1. The molecule has 1 heterocycles. The molecule has 0 radical (unpaired) electrons. The zero-order valence-corrected chi connectivity index (χ0v) is 12.9. The molecular formula is C14H20N6O2. The van der Waals surface area contributed by atoms with Gasteiger partial charge in [0, 0.05) is 17.8 Å². The van der Waals surface area contributed by atoms with Crippen LogP contribution in [0.2, 0.25) is 0 Å². The van der Waals surface area contributed by atoms with Gasteiger partial charge in [-0.15, -0.1) is 5.10 Å². The first kappa shape index (κ1) is 15.9. The van der Waals surface area contributed by atoms with Crippen LogP contribution in [0.1, 0.15) is 20.8 Å². The Kier molecular flexibility index (Phi) is 4.71. The van der Waals surface area contributed by atoms with E-state index in [4.69, 9.17) is 5.11 Å². The van der Waals surface area contributed by atoms with Gasteiger partial charge in [-0.2, -0.15) is 0 Å². The Hall–Kier alpha value is -2.48. The molecule has 0 unspecified atom stereocenters. The van der Waals surface area contributed by atoms with E-state index in [2.05, 4.69) is 26.2 Å². The molecule has 3 N–H and O–H groups in total. The number of aliphatic hydroxyl groups is 1. The van der Waals surface area contributed by atoms with Gasteiger partial charge in [-0.05, 0) is 43.3 Å². The molecule has 118 valence electrons. The standard InChI is InChI=1S/C14H20N6O2/c1-4-20-12(17-18-19-20)10-6-5-7-11(8-10)15-13(22)16-14(2,3)9-21/h5-8,21H,4,9H2,1-3H3,(H2,15,16,22). The molecule has 0 saturated carbocycles. The summed E-state index contributed by atoms with van der Waals surface area (Å²) in [7, 11) is 0. The summed E-state index contributed by atoms with van der Waals surface area (Å²) in [6, 6.07) is 6.87. The lowest BCUT2D eigenvalue weighted by Crippen LogP contribution is -2.48. The van der Waals surface area contributed by atoms with Crippen molar-refractivity contribution >= 4 is 11.7 Å². The Bertz CT molecular complexity index is 652. The van der Waals surface area contributed by atoms with Crippen LogP contribution in [0, 0.1) is 0 Å². The van der Waals surface area contributed by atoms with Gasteiger partial charge in [0.1, 0.15) is 0 Å². The van der Waals surface area contributed by atoms with Gasteiger partial charge in [0.15, 0.2) is 5.82 Å². The van der Waals surface area contributed by atoms with Crippen molar-refractivity contribution in [1.29, 1.82) is 0 Å². The third-order valence-corrected chi connectivity index (χ3v) is 3.06. The molecule has 2 rings (SSSR count). The van der Waals surface area contributed by atoms with Crippen LogP contribution >= 0.6 is 0 Å². The minimum atomic E-state index is -0.687. The second kappa shape index (κ2) is 6.52. The number of tetrazole rings is 1. The summed E-state index contributed by atoms with van der Waals surface area (Å²) < 4.78 is 1.67. The largest absolute Gasteiger partial charge is 0.394 e. The number of anilines is 1. The average molecular weight is 304 g/mol. The number of carbonyl (C=O) groups is 1. The molecule has 0 bridgehead atoms. The first-order valence-corrected chi connectivity index (χ1v) is 7.02. The molecule has 0 spiro atoms. The number of nitrogens with zero attached hydrogens (tertiary/aromatic N) is 4. The summed E-state index contributed by atoms with van der Waals surface area (Å²) >= 11 is 0. The van der Waals surface area contributed by atoms with Crippen molar-refractivity contribution in [2.24, 2.45) is 0 Å². The van der Waals surface area contributed by atoms with Gasteiger partial charge < -0.3 is 15.7 Å². The fourth-order valence-corrected chi connectivity index (χ4v) is 1.87. The van der Waals surface area contributed by atoms with Crippen LogP contribution in [0.15, 0.2) is 24.3 Å². The fraction of sp³-hybridized carbons (Fsp3) is 0.429. The number of urea groups is 1. The van der Waals surface area contributed by atoms with Crippen molar-refractivity contribution in [2.75, 3.05) is 11.9 Å². The highest BCUT2D eigenvalue weighted by atomic mass is 16.3. The summed E-state index contributed by atoms with van der Waals surface area (Å²) in [4.78, 5) is 11.9. The fourth-order valence-electron chi connectivity index (χ4n) is 1.87. The van der Waals surface area contributed by atoms with Crippen molar-refractivity contribution < 1.29 is 9.90 Å². The molecule has 8 nitrogen and oxygen atoms in total. The Labute approximate surface area is 128 Å². The second-order valence-electron chi connectivity index (χ2n) is 5.52. The minimum absolute atomic E-state index is 0.147. The van der Waals surface area contributed by atoms with Crippen LogP contribution in [-0.4, -0.2) is 43.5 Å². The molecular weight excluding hydrogens is 284 g/mol. The summed E-state index contributed by atoms with van der Waals surface area (Å²) in [6.45, 7) is 5.93. The second-order valence-corrected chi connectivity index (χ2v) is 5.52. The third kappa shape index (κ3) is 3.79. The topological polar surface area (TPSA) is 105 Å². The molecule has 0 aliphatic rings. The predicted molar refractivity (Wildman–Crippen MR) is 82.2 cm³/mol. The lowest BCUT2D eigenvalue weighted by molar-refractivity contribution is 0.187. The smallest absolute Gasteiger partial charge is 0.319 e. The molecule has 8 heteroatoms. The summed E-state index contributed by atoms with van der Waals surface area (Å²) in [5.41, 5.74) is 0.744. The molecule has 0 fully saturated rings. The lowest BCUT2D eigenvalue weighted by Gasteiger charge is -2.23. The van der Waals surface area contributed by atoms with E-state index < -0.39 is 5.54 Å². The number of rotatable bonds is 5. The van der Waals surface area contributed by atoms with Crippen LogP contribution in [0.3, 0.4) is 0 Å². The number of nitrogens with one attached hydrogen (secondary N) is 2. The van der Waals surface area contributed by atoms with Gasteiger partial charge >= 0.3 is 6.03 Å². The number of aromatic nitrogens is 4. The van der Waals surface area contributed by atoms with Gasteiger partial charge in [0.05, 0.1) is 12.1 Å². The lowest BCUT2D eigenvalue weighted by atomic mass is 10.1. The van der Waals surface area contributed by atoms with Gasteiger partial charge in [0.25, 0.3) is 0 Å². The van der Waals surface area contributed by atoms with E-state index in [1.807, 2.05) is 19.1 Å². The van der Waals surface area contributed by atoms with E-state index in [9.17, 15) is 4.79 Å². The molecule has 0 aliphatic carbocycles. The van der Waals surface area contributed by atoms with Gasteiger partial charge in [-0.3, -0.25) is 0 Å². The SMILES string of the molecule is CCn1nnnc1-c1cccc(NC(=O)NC(C)(C)CO)c1. The molecule has 2 amide bonds. The van der Waals surface area contributed by atoms with Crippen molar-refractivity contribution in [3.63, 3.8) is 0 Å². The molecule has 1 aromatic carbocycles. The van der Waals surface area contributed by atoms with Crippen LogP contribution in [0.25, 0.3) is 11.4 Å². The molecule has 1 aromatic heterocycles. The van der Waals surface area contributed by atoms with Crippen LogP contribution < -0.4 is 10.6 Å². The van der Waals surface area contributed by atoms with Crippen molar-refractivity contribution in [1.82, 2.24) is 25.5 Å². The highest BCUT2D eigenvalue weighted by Crippen LogP contribution is 2.20. The van der Waals surface area contributed by atoms with E-state index in [-0.39, 0.29) is 12.6 Å². The van der Waals surface area contributed by atoms with Crippen molar-refractivity contribution in [3.05, 3.63) is 24.3 Å². The number of amides is 2. The zero-order valence-electron chi connectivity index (χ0n) is 12.9. The Balaban J connectivity index is 2.14. The maximum Gasteiger partial charge on any atom is 0.319 e. The Morgan fingerprint density at radius 1 is 1.41 bits per heavy atom. The van der Waals surface area contributed by atoms with Crippen molar-refractivity contribution in [2.45, 2.75) is 32.9 Å². The van der Waals surface area contributed by atoms with Crippen molar-refractivity contribution in [3.8, 4) is 11.4 Å². The van der Waals surface area contributed by atoms with E-state index >= 15 is 0 Å². The van der Waals surface area contributed by atoms with Crippen LogP contribution in [-0.2, 0) is 6.54 Å².